The van der Waals surface area contributed by atoms with E-state index in [4.69, 9.17) is 23.2 Å². The van der Waals surface area contributed by atoms with Crippen LogP contribution in [0.15, 0.2) is 39.2 Å². The number of aliphatic carboxylic acids is 1. The third kappa shape index (κ3) is 2.96. The first kappa shape index (κ1) is 17.7. The van der Waals surface area contributed by atoms with Gasteiger partial charge in [0.2, 0.25) is 0 Å². The lowest BCUT2D eigenvalue weighted by atomic mass is 9.79. The minimum Gasteiger partial charge on any atom is -0.477 e. The van der Waals surface area contributed by atoms with E-state index in [1.165, 1.54) is 0 Å². The first-order chi connectivity index (χ1) is 11.2. The Morgan fingerprint density at radius 2 is 2.08 bits per heavy atom. The number of carboxylic acid groups (broad SMARTS) is 1. The Kier molecular flexibility index (Phi) is 4.68. The standard InChI is InChI=1S/C16H13BrCl2N2O2S/c1-16(2)13(15(22)23)20-21(11-4-3-9(18)6-10(11)19)14(16)12-5-8(17)7-24-12/h3-7,14H,1-2H3,(H,22,23). The van der Waals surface area contributed by atoms with Gasteiger partial charge in [-0.05, 0) is 40.2 Å². The van der Waals surface area contributed by atoms with Gasteiger partial charge in [-0.25, -0.2) is 4.79 Å². The van der Waals surface area contributed by atoms with Crippen LogP contribution >= 0.6 is 50.5 Å². The van der Waals surface area contributed by atoms with Crippen molar-refractivity contribution in [2.24, 2.45) is 10.5 Å². The third-order valence-corrected chi connectivity index (χ3v) is 6.25. The molecule has 0 spiro atoms. The monoisotopic (exact) mass is 446 g/mol. The Morgan fingerprint density at radius 1 is 1.38 bits per heavy atom. The van der Waals surface area contributed by atoms with Crippen LogP contribution in [0.4, 0.5) is 5.69 Å². The first-order valence-electron chi connectivity index (χ1n) is 7.02. The van der Waals surface area contributed by atoms with E-state index in [0.717, 1.165) is 9.35 Å². The molecule has 0 amide bonds. The molecule has 1 unspecified atom stereocenters. The number of carbonyl (C=O) groups is 1. The van der Waals surface area contributed by atoms with Gasteiger partial charge < -0.3 is 5.11 Å². The highest BCUT2D eigenvalue weighted by Gasteiger charge is 2.49. The fourth-order valence-electron chi connectivity index (χ4n) is 2.86. The molecule has 4 nitrogen and oxygen atoms in total. The number of halogens is 3. The number of hydrogen-bond donors (Lipinski definition) is 1. The predicted molar refractivity (Wildman–Crippen MR) is 103 cm³/mol. The molecule has 1 aliphatic heterocycles. The summed E-state index contributed by atoms with van der Waals surface area (Å²) in [5, 5.41) is 18.5. The lowest BCUT2D eigenvalue weighted by Gasteiger charge is -2.32. The normalized spacial score (nSPS) is 19.5. The van der Waals surface area contributed by atoms with Gasteiger partial charge in [-0.1, -0.05) is 37.0 Å². The molecule has 24 heavy (non-hydrogen) atoms. The molecule has 0 saturated heterocycles. The Morgan fingerprint density at radius 3 is 2.62 bits per heavy atom. The van der Waals surface area contributed by atoms with Crippen molar-refractivity contribution in [1.82, 2.24) is 0 Å². The number of nitrogens with zero attached hydrogens (tertiary/aromatic N) is 2. The first-order valence-corrected chi connectivity index (χ1v) is 9.45. The van der Waals surface area contributed by atoms with Crippen molar-refractivity contribution in [3.05, 3.63) is 49.0 Å². The van der Waals surface area contributed by atoms with Gasteiger partial charge in [0.15, 0.2) is 5.71 Å². The molecule has 126 valence electrons. The van der Waals surface area contributed by atoms with E-state index in [1.807, 2.05) is 25.3 Å². The smallest absolute Gasteiger partial charge is 0.352 e. The summed E-state index contributed by atoms with van der Waals surface area (Å²) in [6, 6.07) is 6.80. The molecule has 0 radical (unpaired) electrons. The zero-order valence-electron chi connectivity index (χ0n) is 12.8. The summed E-state index contributed by atoms with van der Waals surface area (Å²) in [4.78, 5) is 12.7. The second-order valence-electron chi connectivity index (χ2n) is 5.99. The lowest BCUT2D eigenvalue weighted by molar-refractivity contribution is -0.129. The van der Waals surface area contributed by atoms with Crippen LogP contribution in [0.1, 0.15) is 24.8 Å². The molecule has 3 rings (SSSR count). The van der Waals surface area contributed by atoms with Crippen molar-refractivity contribution in [2.75, 3.05) is 5.01 Å². The van der Waals surface area contributed by atoms with Crippen LogP contribution in [0, 0.1) is 5.41 Å². The number of carboxylic acids is 1. The average molecular weight is 448 g/mol. The summed E-state index contributed by atoms with van der Waals surface area (Å²) in [7, 11) is 0. The number of thiophene rings is 1. The van der Waals surface area contributed by atoms with Crippen molar-refractivity contribution in [2.45, 2.75) is 19.9 Å². The van der Waals surface area contributed by atoms with E-state index in [0.29, 0.717) is 15.7 Å². The third-order valence-electron chi connectivity index (χ3n) is 3.96. The molecule has 0 bridgehead atoms. The lowest BCUT2D eigenvalue weighted by Crippen LogP contribution is -2.35. The largest absolute Gasteiger partial charge is 0.477 e. The van der Waals surface area contributed by atoms with Crippen LogP contribution in [0.3, 0.4) is 0 Å². The highest BCUT2D eigenvalue weighted by Crippen LogP contribution is 2.50. The number of hydrazone groups is 1. The molecule has 1 aromatic carbocycles. The fraction of sp³-hybridized carbons (Fsp3) is 0.250. The quantitative estimate of drug-likeness (QED) is 0.642. The summed E-state index contributed by atoms with van der Waals surface area (Å²) >= 11 is 17.3. The molecule has 2 heterocycles. The SMILES string of the molecule is CC1(C)C(C(=O)O)=NN(c2ccc(Cl)cc2Cl)C1c1cc(Br)cs1. The number of rotatable bonds is 3. The molecule has 2 aromatic rings. The number of benzene rings is 1. The van der Waals surface area contributed by atoms with Gasteiger partial charge in [-0.2, -0.15) is 5.10 Å². The minimum absolute atomic E-state index is 0.100. The van der Waals surface area contributed by atoms with Crippen molar-refractivity contribution >= 4 is 67.8 Å². The maximum absolute atomic E-state index is 11.7. The summed E-state index contributed by atoms with van der Waals surface area (Å²) < 4.78 is 0.948. The van der Waals surface area contributed by atoms with Crippen LogP contribution in [-0.4, -0.2) is 16.8 Å². The van der Waals surface area contributed by atoms with Gasteiger partial charge in [0.25, 0.3) is 0 Å². The number of anilines is 1. The van der Waals surface area contributed by atoms with Gasteiger partial charge in [0.05, 0.1) is 16.8 Å². The van der Waals surface area contributed by atoms with Crippen LogP contribution in [-0.2, 0) is 4.79 Å². The average Bonchev–Trinajstić information content (AvgIpc) is 2.99. The zero-order chi connectivity index (χ0) is 17.6. The van der Waals surface area contributed by atoms with E-state index in [1.54, 1.807) is 34.5 Å². The van der Waals surface area contributed by atoms with Crippen LogP contribution < -0.4 is 5.01 Å². The maximum atomic E-state index is 11.7. The Hall–Kier alpha value is -1.08. The predicted octanol–water partition coefficient (Wildman–Crippen LogP) is 5.85. The van der Waals surface area contributed by atoms with E-state index < -0.39 is 11.4 Å². The summed E-state index contributed by atoms with van der Waals surface area (Å²) in [6.07, 6.45) is 0. The second kappa shape index (κ2) is 6.33. The fourth-order valence-corrected chi connectivity index (χ4v) is 5.06. The molecular weight excluding hydrogens is 435 g/mol. The molecule has 1 aromatic heterocycles. The topological polar surface area (TPSA) is 52.9 Å². The molecular formula is C16H13BrCl2N2O2S. The van der Waals surface area contributed by atoms with Gasteiger partial charge >= 0.3 is 5.97 Å². The van der Waals surface area contributed by atoms with Crippen LogP contribution in [0.5, 0.6) is 0 Å². The number of hydrogen-bond acceptors (Lipinski definition) is 4. The Labute approximate surface area is 161 Å². The van der Waals surface area contributed by atoms with E-state index in [9.17, 15) is 9.90 Å². The summed E-state index contributed by atoms with van der Waals surface area (Å²) in [5.41, 5.74) is 0.0296. The Balaban J connectivity index is 2.18. The Bertz CT molecular complexity index is 850. The summed E-state index contributed by atoms with van der Waals surface area (Å²) in [6.45, 7) is 3.75. The molecule has 0 fully saturated rings. The van der Waals surface area contributed by atoms with E-state index in [2.05, 4.69) is 21.0 Å². The zero-order valence-corrected chi connectivity index (χ0v) is 16.7. The van der Waals surface area contributed by atoms with Crippen LogP contribution in [0.2, 0.25) is 10.0 Å². The van der Waals surface area contributed by atoms with Crippen LogP contribution in [0.25, 0.3) is 0 Å². The molecule has 1 aliphatic rings. The van der Waals surface area contributed by atoms with Gasteiger partial charge in [0.1, 0.15) is 0 Å². The minimum atomic E-state index is -1.03. The van der Waals surface area contributed by atoms with Crippen molar-refractivity contribution < 1.29 is 9.90 Å². The van der Waals surface area contributed by atoms with Gasteiger partial charge in [-0.3, -0.25) is 5.01 Å². The van der Waals surface area contributed by atoms with Gasteiger partial charge in [0, 0.05) is 25.2 Å². The molecule has 1 N–H and O–H groups in total. The highest BCUT2D eigenvalue weighted by atomic mass is 79.9. The second-order valence-corrected chi connectivity index (χ2v) is 8.69. The van der Waals surface area contributed by atoms with Gasteiger partial charge in [-0.15, -0.1) is 11.3 Å². The van der Waals surface area contributed by atoms with E-state index in [-0.39, 0.29) is 11.8 Å². The summed E-state index contributed by atoms with van der Waals surface area (Å²) in [5.74, 6) is -1.03. The molecule has 1 atom stereocenters. The molecule has 0 saturated carbocycles. The maximum Gasteiger partial charge on any atom is 0.352 e. The van der Waals surface area contributed by atoms with E-state index >= 15 is 0 Å². The van der Waals surface area contributed by atoms with Crippen molar-refractivity contribution in [1.29, 1.82) is 0 Å². The van der Waals surface area contributed by atoms with Crippen molar-refractivity contribution in [3.8, 4) is 0 Å². The van der Waals surface area contributed by atoms with Crippen molar-refractivity contribution in [3.63, 3.8) is 0 Å². The molecule has 0 aliphatic carbocycles. The molecule has 8 heteroatoms. The highest BCUT2D eigenvalue weighted by molar-refractivity contribution is 9.10.